The van der Waals surface area contributed by atoms with Gasteiger partial charge in [-0.25, -0.2) is 4.98 Å². The summed E-state index contributed by atoms with van der Waals surface area (Å²) in [5, 5.41) is 9.96. The summed E-state index contributed by atoms with van der Waals surface area (Å²) in [6.45, 7) is 2.18. The molecule has 0 radical (unpaired) electrons. The molecule has 5 heteroatoms. The predicted octanol–water partition coefficient (Wildman–Crippen LogP) is 3.68. The van der Waals surface area contributed by atoms with Gasteiger partial charge in [0, 0.05) is 16.5 Å². The minimum absolute atomic E-state index is 0.226. The number of aryl methyl sites for hydroxylation is 1. The van der Waals surface area contributed by atoms with Gasteiger partial charge in [0.25, 0.3) is 0 Å². The minimum Gasteiger partial charge on any atom is -0.481 e. The molecule has 1 heterocycles. The molecule has 0 amide bonds. The van der Waals surface area contributed by atoms with Crippen LogP contribution in [0.15, 0.2) is 0 Å². The third-order valence-electron chi connectivity index (χ3n) is 2.88. The highest BCUT2D eigenvalue weighted by Crippen LogP contribution is 2.43. The van der Waals surface area contributed by atoms with E-state index in [0.717, 1.165) is 5.75 Å². The van der Waals surface area contributed by atoms with E-state index in [1.807, 2.05) is 11.8 Å². The Morgan fingerprint density at radius 2 is 2.33 bits per heavy atom. The number of carbonyl (C=O) groups is 1. The Balaban J connectivity index is 1.99. The maximum atomic E-state index is 10.7. The Morgan fingerprint density at radius 1 is 1.56 bits per heavy atom. The fourth-order valence-corrected chi connectivity index (χ4v) is 3.96. The van der Waals surface area contributed by atoms with E-state index in [1.165, 1.54) is 40.6 Å². The summed E-state index contributed by atoms with van der Waals surface area (Å²) in [7, 11) is 0. The molecule has 0 aliphatic heterocycles. The maximum Gasteiger partial charge on any atom is 0.303 e. The van der Waals surface area contributed by atoms with Gasteiger partial charge in [0.15, 0.2) is 0 Å². The van der Waals surface area contributed by atoms with Crippen LogP contribution < -0.4 is 0 Å². The highest BCUT2D eigenvalue weighted by Gasteiger charge is 2.29. The van der Waals surface area contributed by atoms with Crippen LogP contribution in [0.3, 0.4) is 0 Å². The quantitative estimate of drug-likeness (QED) is 0.740. The predicted molar refractivity (Wildman–Crippen MR) is 76.5 cm³/mol. The molecule has 3 nitrogen and oxygen atoms in total. The molecule has 0 saturated heterocycles. The lowest BCUT2D eigenvalue weighted by molar-refractivity contribution is -0.136. The molecular formula is C13H19NO2S2. The molecule has 0 spiro atoms. The van der Waals surface area contributed by atoms with Crippen molar-refractivity contribution in [2.45, 2.75) is 50.7 Å². The molecule has 0 bridgehead atoms. The second kappa shape index (κ2) is 6.57. The number of hydrogen-bond acceptors (Lipinski definition) is 4. The summed E-state index contributed by atoms with van der Waals surface area (Å²) >= 11 is 3.64. The van der Waals surface area contributed by atoms with Crippen LogP contribution in [-0.2, 0) is 17.0 Å². The lowest BCUT2D eigenvalue weighted by Gasteiger charge is -1.97. The normalized spacial score (nSPS) is 14.9. The molecule has 1 fully saturated rings. The minimum atomic E-state index is -0.716. The van der Waals surface area contributed by atoms with Crippen LogP contribution in [0.4, 0.5) is 0 Å². The largest absolute Gasteiger partial charge is 0.481 e. The first-order valence-corrected chi connectivity index (χ1v) is 8.45. The summed E-state index contributed by atoms with van der Waals surface area (Å²) < 4.78 is 0. The number of hydrogen-bond donors (Lipinski definition) is 1. The van der Waals surface area contributed by atoms with Gasteiger partial charge in [-0.1, -0.05) is 6.92 Å². The molecule has 2 rings (SSSR count). The van der Waals surface area contributed by atoms with Gasteiger partial charge >= 0.3 is 5.97 Å². The molecule has 1 aromatic heterocycles. The molecule has 0 unspecified atom stereocenters. The van der Waals surface area contributed by atoms with E-state index in [1.54, 1.807) is 11.3 Å². The fourth-order valence-electron chi connectivity index (χ4n) is 1.85. The molecule has 0 aromatic carbocycles. The van der Waals surface area contributed by atoms with Gasteiger partial charge in [-0.05, 0) is 31.4 Å². The number of aromatic nitrogens is 1. The van der Waals surface area contributed by atoms with E-state index < -0.39 is 5.97 Å². The number of carboxylic acid groups (broad SMARTS) is 1. The Bertz CT molecular complexity index is 413. The standard InChI is InChI=1S/C13H19NO2S2/c1-2-7-17-8-11-14-13(9-3-4-9)10(18-11)5-6-12(15)16/h9H,2-8H2,1H3,(H,15,16). The molecule has 1 saturated carbocycles. The van der Waals surface area contributed by atoms with E-state index in [2.05, 4.69) is 6.92 Å². The monoisotopic (exact) mass is 285 g/mol. The van der Waals surface area contributed by atoms with Gasteiger partial charge in [-0.15, -0.1) is 11.3 Å². The first-order valence-electron chi connectivity index (χ1n) is 6.48. The van der Waals surface area contributed by atoms with E-state index in [4.69, 9.17) is 10.1 Å². The van der Waals surface area contributed by atoms with Crippen molar-refractivity contribution in [2.24, 2.45) is 0 Å². The van der Waals surface area contributed by atoms with E-state index in [9.17, 15) is 4.79 Å². The smallest absolute Gasteiger partial charge is 0.303 e. The van der Waals surface area contributed by atoms with Crippen LogP contribution in [0.5, 0.6) is 0 Å². The summed E-state index contributed by atoms with van der Waals surface area (Å²) in [5.74, 6) is 2.05. The summed E-state index contributed by atoms with van der Waals surface area (Å²) in [5.41, 5.74) is 1.20. The number of thiazole rings is 1. The zero-order valence-corrected chi connectivity index (χ0v) is 12.3. The highest BCUT2D eigenvalue weighted by atomic mass is 32.2. The first kappa shape index (κ1) is 13.9. The number of rotatable bonds is 8. The van der Waals surface area contributed by atoms with Crippen molar-refractivity contribution in [3.05, 3.63) is 15.6 Å². The highest BCUT2D eigenvalue weighted by molar-refractivity contribution is 7.98. The van der Waals surface area contributed by atoms with Gasteiger partial charge < -0.3 is 5.11 Å². The van der Waals surface area contributed by atoms with Crippen molar-refractivity contribution >= 4 is 29.1 Å². The average Bonchev–Trinajstić information content (AvgIpc) is 3.09. The summed E-state index contributed by atoms with van der Waals surface area (Å²) in [4.78, 5) is 16.6. The molecule has 100 valence electrons. The maximum absolute atomic E-state index is 10.7. The summed E-state index contributed by atoms with van der Waals surface area (Å²) in [6.07, 6.45) is 4.52. The van der Waals surface area contributed by atoms with Gasteiger partial charge in [0.05, 0.1) is 12.1 Å². The van der Waals surface area contributed by atoms with Gasteiger partial charge in [-0.3, -0.25) is 4.79 Å². The van der Waals surface area contributed by atoms with Crippen LogP contribution in [-0.4, -0.2) is 21.8 Å². The first-order chi connectivity index (χ1) is 8.70. The third-order valence-corrected chi connectivity index (χ3v) is 5.36. The van der Waals surface area contributed by atoms with E-state index in [0.29, 0.717) is 12.3 Å². The van der Waals surface area contributed by atoms with Crippen molar-refractivity contribution in [1.29, 1.82) is 0 Å². The lowest BCUT2D eigenvalue weighted by atomic mass is 10.2. The molecule has 1 aromatic rings. The van der Waals surface area contributed by atoms with E-state index in [-0.39, 0.29) is 6.42 Å². The Morgan fingerprint density at radius 3 is 2.94 bits per heavy atom. The molecule has 1 aliphatic rings. The molecule has 1 aliphatic carbocycles. The molecule has 1 N–H and O–H groups in total. The van der Waals surface area contributed by atoms with Crippen LogP contribution in [0.2, 0.25) is 0 Å². The molecular weight excluding hydrogens is 266 g/mol. The second-order valence-corrected chi connectivity index (χ2v) is 6.91. The van der Waals surface area contributed by atoms with Crippen molar-refractivity contribution in [3.63, 3.8) is 0 Å². The zero-order chi connectivity index (χ0) is 13.0. The molecule has 0 atom stereocenters. The van der Waals surface area contributed by atoms with Gasteiger partial charge in [0.2, 0.25) is 0 Å². The Kier molecular flexibility index (Phi) is 5.06. The Hall–Kier alpha value is -0.550. The van der Waals surface area contributed by atoms with Crippen molar-refractivity contribution in [2.75, 3.05) is 5.75 Å². The van der Waals surface area contributed by atoms with Crippen molar-refractivity contribution in [3.8, 4) is 0 Å². The van der Waals surface area contributed by atoms with Crippen LogP contribution in [0.1, 0.15) is 54.1 Å². The SMILES string of the molecule is CCCSCc1nc(C2CC2)c(CCC(=O)O)s1. The number of thioether (sulfide) groups is 1. The van der Waals surface area contributed by atoms with Gasteiger partial charge in [-0.2, -0.15) is 11.8 Å². The van der Waals surface area contributed by atoms with Crippen molar-refractivity contribution in [1.82, 2.24) is 4.98 Å². The van der Waals surface area contributed by atoms with Crippen LogP contribution in [0.25, 0.3) is 0 Å². The zero-order valence-electron chi connectivity index (χ0n) is 10.6. The average molecular weight is 285 g/mol. The topological polar surface area (TPSA) is 50.2 Å². The Labute approximate surface area is 116 Å². The van der Waals surface area contributed by atoms with Crippen molar-refractivity contribution < 1.29 is 9.90 Å². The number of aliphatic carboxylic acids is 1. The number of carboxylic acids is 1. The van der Waals surface area contributed by atoms with Crippen LogP contribution in [0, 0.1) is 0 Å². The third kappa shape index (κ3) is 3.99. The van der Waals surface area contributed by atoms with Crippen LogP contribution >= 0.6 is 23.1 Å². The number of nitrogens with zero attached hydrogens (tertiary/aromatic N) is 1. The fraction of sp³-hybridized carbons (Fsp3) is 0.692. The lowest BCUT2D eigenvalue weighted by Crippen LogP contribution is -1.98. The van der Waals surface area contributed by atoms with E-state index >= 15 is 0 Å². The summed E-state index contributed by atoms with van der Waals surface area (Å²) in [6, 6.07) is 0. The second-order valence-electron chi connectivity index (χ2n) is 4.64. The van der Waals surface area contributed by atoms with Gasteiger partial charge in [0.1, 0.15) is 5.01 Å². The molecule has 18 heavy (non-hydrogen) atoms.